The minimum Gasteiger partial charge on any atom is -0.326 e. The molecule has 1 saturated heterocycles. The second kappa shape index (κ2) is 4.58. The number of carbonyl (C=O) groups is 2. The van der Waals surface area contributed by atoms with Gasteiger partial charge in [-0.3, -0.25) is 9.59 Å². The minimum absolute atomic E-state index is 0.0256. The zero-order valence-corrected chi connectivity index (χ0v) is 11.0. The van der Waals surface area contributed by atoms with Crippen LogP contribution in [0, 0.1) is 0 Å². The van der Waals surface area contributed by atoms with Crippen LogP contribution in [0.25, 0.3) is 0 Å². The molecule has 1 aromatic carbocycles. The molecule has 1 aliphatic heterocycles. The zero-order valence-electron chi connectivity index (χ0n) is 9.44. The number of Topliss-reactive ketones (excluding diaryl/α,β-unsaturated/α-hetero) is 1. The van der Waals surface area contributed by atoms with Crippen LogP contribution in [0.1, 0.15) is 23.7 Å². The van der Waals surface area contributed by atoms with Gasteiger partial charge >= 0.3 is 0 Å². The van der Waals surface area contributed by atoms with Gasteiger partial charge in [0.2, 0.25) is 5.91 Å². The maximum atomic E-state index is 11.8. The standard InChI is InChI=1S/C12H13BrN2O2/c1-7(16)10-4-8(13)2-3-11(10)15-6-9(14)5-12(15)17/h2-4,9H,5-6,14H2,1H3. The zero-order chi connectivity index (χ0) is 12.6. The number of anilines is 1. The van der Waals surface area contributed by atoms with Gasteiger partial charge in [0.25, 0.3) is 0 Å². The largest absolute Gasteiger partial charge is 0.326 e. The van der Waals surface area contributed by atoms with Crippen LogP contribution in [0.5, 0.6) is 0 Å². The summed E-state index contributed by atoms with van der Waals surface area (Å²) < 4.78 is 0.822. The molecule has 0 aromatic heterocycles. The first-order chi connectivity index (χ1) is 7.99. The molecule has 2 N–H and O–H groups in total. The molecule has 1 aliphatic rings. The summed E-state index contributed by atoms with van der Waals surface area (Å²) in [5.41, 5.74) is 6.95. The van der Waals surface area contributed by atoms with E-state index in [9.17, 15) is 9.59 Å². The number of amides is 1. The molecule has 0 radical (unpaired) electrons. The van der Waals surface area contributed by atoms with Crippen LogP contribution in [0.15, 0.2) is 22.7 Å². The molecule has 0 aliphatic carbocycles. The van der Waals surface area contributed by atoms with Crippen molar-refractivity contribution < 1.29 is 9.59 Å². The Morgan fingerprint density at radius 2 is 2.24 bits per heavy atom. The Hall–Kier alpha value is -1.20. The predicted octanol–water partition coefficient (Wildman–Crippen LogP) is 1.72. The molecule has 0 bridgehead atoms. The Labute approximate surface area is 108 Å². The van der Waals surface area contributed by atoms with E-state index in [1.54, 1.807) is 17.0 Å². The first-order valence-electron chi connectivity index (χ1n) is 5.35. The summed E-state index contributed by atoms with van der Waals surface area (Å²) in [7, 11) is 0. The molecule has 1 fully saturated rings. The lowest BCUT2D eigenvalue weighted by molar-refractivity contribution is -0.117. The first kappa shape index (κ1) is 12.3. The van der Waals surface area contributed by atoms with Gasteiger partial charge in [0, 0.05) is 29.0 Å². The van der Waals surface area contributed by atoms with Gasteiger partial charge in [0.1, 0.15) is 0 Å². The number of halogens is 1. The molecule has 1 aromatic rings. The number of nitrogens with zero attached hydrogens (tertiary/aromatic N) is 1. The van der Waals surface area contributed by atoms with Gasteiger partial charge in [-0.15, -0.1) is 0 Å². The molecule has 1 atom stereocenters. The van der Waals surface area contributed by atoms with E-state index in [-0.39, 0.29) is 17.7 Å². The third kappa shape index (κ3) is 2.40. The van der Waals surface area contributed by atoms with Crippen molar-refractivity contribution in [3.05, 3.63) is 28.2 Å². The van der Waals surface area contributed by atoms with Crippen molar-refractivity contribution in [1.82, 2.24) is 0 Å². The Morgan fingerprint density at radius 1 is 1.53 bits per heavy atom. The molecule has 2 rings (SSSR count). The number of hydrogen-bond donors (Lipinski definition) is 1. The second-order valence-corrected chi connectivity index (χ2v) is 5.10. The minimum atomic E-state index is -0.147. The van der Waals surface area contributed by atoms with Crippen molar-refractivity contribution in [3.63, 3.8) is 0 Å². The Kier molecular flexibility index (Phi) is 3.31. The number of nitrogens with two attached hydrogens (primary N) is 1. The Bertz CT molecular complexity index is 487. The summed E-state index contributed by atoms with van der Waals surface area (Å²) in [5.74, 6) is -0.0862. The molecule has 90 valence electrons. The summed E-state index contributed by atoms with van der Waals surface area (Å²) in [6.45, 7) is 1.96. The number of benzene rings is 1. The summed E-state index contributed by atoms with van der Waals surface area (Å²) in [6, 6.07) is 5.18. The lowest BCUT2D eigenvalue weighted by atomic mass is 10.1. The van der Waals surface area contributed by atoms with E-state index in [2.05, 4.69) is 15.9 Å². The van der Waals surface area contributed by atoms with Gasteiger partial charge < -0.3 is 10.6 Å². The van der Waals surface area contributed by atoms with Gasteiger partial charge in [0.15, 0.2) is 5.78 Å². The van der Waals surface area contributed by atoms with E-state index in [1.807, 2.05) is 6.07 Å². The van der Waals surface area contributed by atoms with Crippen molar-refractivity contribution >= 4 is 33.3 Å². The van der Waals surface area contributed by atoms with Gasteiger partial charge in [-0.25, -0.2) is 0 Å². The third-order valence-electron chi connectivity index (χ3n) is 2.78. The van der Waals surface area contributed by atoms with Gasteiger partial charge in [-0.2, -0.15) is 0 Å². The highest BCUT2D eigenvalue weighted by molar-refractivity contribution is 9.10. The topological polar surface area (TPSA) is 63.4 Å². The maximum absolute atomic E-state index is 11.8. The lowest BCUT2D eigenvalue weighted by Crippen LogP contribution is -2.29. The highest BCUT2D eigenvalue weighted by Crippen LogP contribution is 2.28. The average Bonchev–Trinajstić information content (AvgIpc) is 2.57. The van der Waals surface area contributed by atoms with Crippen LogP contribution in [-0.4, -0.2) is 24.3 Å². The molecule has 1 heterocycles. The van der Waals surface area contributed by atoms with Crippen molar-refractivity contribution in [2.45, 2.75) is 19.4 Å². The highest BCUT2D eigenvalue weighted by atomic mass is 79.9. The van der Waals surface area contributed by atoms with Crippen LogP contribution in [0.3, 0.4) is 0 Å². The molecule has 1 amide bonds. The fourth-order valence-electron chi connectivity index (χ4n) is 1.99. The third-order valence-corrected chi connectivity index (χ3v) is 3.28. The molecule has 5 heteroatoms. The van der Waals surface area contributed by atoms with Gasteiger partial charge in [-0.05, 0) is 25.1 Å². The lowest BCUT2D eigenvalue weighted by Gasteiger charge is -2.19. The maximum Gasteiger partial charge on any atom is 0.228 e. The highest BCUT2D eigenvalue weighted by Gasteiger charge is 2.30. The quantitative estimate of drug-likeness (QED) is 0.845. The van der Waals surface area contributed by atoms with Gasteiger partial charge in [0.05, 0.1) is 5.69 Å². The van der Waals surface area contributed by atoms with Crippen molar-refractivity contribution in [3.8, 4) is 0 Å². The normalized spacial score (nSPS) is 19.8. The molecule has 4 nitrogen and oxygen atoms in total. The summed E-state index contributed by atoms with van der Waals surface area (Å²) >= 11 is 3.32. The molecule has 0 saturated carbocycles. The fourth-order valence-corrected chi connectivity index (χ4v) is 2.35. The van der Waals surface area contributed by atoms with Gasteiger partial charge in [-0.1, -0.05) is 15.9 Å². The number of ketones is 1. The predicted molar refractivity (Wildman–Crippen MR) is 69.1 cm³/mol. The van der Waals surface area contributed by atoms with Crippen LogP contribution in [0.2, 0.25) is 0 Å². The summed E-state index contributed by atoms with van der Waals surface area (Å²) in [5, 5.41) is 0. The van der Waals surface area contributed by atoms with E-state index in [1.165, 1.54) is 6.92 Å². The number of hydrogen-bond acceptors (Lipinski definition) is 3. The number of carbonyl (C=O) groups excluding carboxylic acids is 2. The smallest absolute Gasteiger partial charge is 0.228 e. The first-order valence-corrected chi connectivity index (χ1v) is 6.15. The fraction of sp³-hybridized carbons (Fsp3) is 0.333. The summed E-state index contributed by atoms with van der Waals surface area (Å²) in [4.78, 5) is 24.9. The van der Waals surface area contributed by atoms with Crippen LogP contribution < -0.4 is 10.6 Å². The van der Waals surface area contributed by atoms with Crippen molar-refractivity contribution in [2.24, 2.45) is 5.73 Å². The molecule has 0 spiro atoms. The Morgan fingerprint density at radius 3 is 2.76 bits per heavy atom. The summed E-state index contributed by atoms with van der Waals surface area (Å²) in [6.07, 6.45) is 0.341. The Balaban J connectivity index is 2.45. The van der Waals surface area contributed by atoms with Crippen molar-refractivity contribution in [2.75, 3.05) is 11.4 Å². The molecule has 17 heavy (non-hydrogen) atoms. The van der Waals surface area contributed by atoms with E-state index in [0.29, 0.717) is 24.2 Å². The van der Waals surface area contributed by atoms with E-state index < -0.39 is 0 Å². The number of rotatable bonds is 2. The molecular weight excluding hydrogens is 284 g/mol. The van der Waals surface area contributed by atoms with E-state index in [0.717, 1.165) is 4.47 Å². The molecule has 1 unspecified atom stereocenters. The molecular formula is C12H13BrN2O2. The average molecular weight is 297 g/mol. The van der Waals surface area contributed by atoms with Crippen LogP contribution >= 0.6 is 15.9 Å². The van der Waals surface area contributed by atoms with E-state index >= 15 is 0 Å². The van der Waals surface area contributed by atoms with Crippen LogP contribution in [-0.2, 0) is 4.79 Å². The van der Waals surface area contributed by atoms with Crippen molar-refractivity contribution in [1.29, 1.82) is 0 Å². The second-order valence-electron chi connectivity index (χ2n) is 4.19. The van der Waals surface area contributed by atoms with E-state index in [4.69, 9.17) is 5.73 Å². The monoisotopic (exact) mass is 296 g/mol. The SMILES string of the molecule is CC(=O)c1cc(Br)ccc1N1CC(N)CC1=O. The van der Waals surface area contributed by atoms with Crippen LogP contribution in [0.4, 0.5) is 5.69 Å².